The van der Waals surface area contributed by atoms with Crippen LogP contribution in [0.2, 0.25) is 0 Å². The molecule has 0 aromatic carbocycles. The summed E-state index contributed by atoms with van der Waals surface area (Å²) in [6.45, 7) is 3.51. The monoisotopic (exact) mass is 210 g/mol. The van der Waals surface area contributed by atoms with Crippen molar-refractivity contribution in [3.8, 4) is 0 Å². The van der Waals surface area contributed by atoms with Gasteiger partial charge in [-0.25, -0.2) is 9.59 Å². The Balaban J connectivity index is 3.13. The molecular weight excluding hydrogens is 200 g/mol. The van der Waals surface area contributed by atoms with Crippen LogP contribution in [-0.4, -0.2) is 22.2 Å². The van der Waals surface area contributed by atoms with E-state index >= 15 is 0 Å². The molecule has 2 N–H and O–H groups in total. The Labute approximate surface area is 85.6 Å². The molecule has 15 heavy (non-hydrogen) atoms. The van der Waals surface area contributed by atoms with Gasteiger partial charge in [-0.1, -0.05) is 0 Å². The highest BCUT2D eigenvalue weighted by molar-refractivity contribution is 6.16. The lowest BCUT2D eigenvalue weighted by molar-refractivity contribution is -0.140. The third kappa shape index (κ3) is 2.46. The largest absolute Gasteiger partial charge is 0.477 e. The van der Waals surface area contributed by atoms with Gasteiger partial charge in [-0.15, -0.1) is 0 Å². The van der Waals surface area contributed by atoms with Crippen LogP contribution in [0.1, 0.15) is 17.1 Å². The third-order valence-corrected chi connectivity index (χ3v) is 1.93. The van der Waals surface area contributed by atoms with Gasteiger partial charge < -0.3 is 14.6 Å². The van der Waals surface area contributed by atoms with Crippen LogP contribution < -0.4 is 0 Å². The van der Waals surface area contributed by atoms with Crippen molar-refractivity contribution in [2.75, 3.05) is 0 Å². The lowest BCUT2D eigenvalue weighted by Gasteiger charge is -1.92. The highest BCUT2D eigenvalue weighted by Gasteiger charge is 2.17. The second-order valence-corrected chi connectivity index (χ2v) is 3.06. The van der Waals surface area contributed by atoms with Gasteiger partial charge in [0.2, 0.25) is 0 Å². The van der Waals surface area contributed by atoms with Crippen LogP contribution in [0.5, 0.6) is 0 Å². The first kappa shape index (κ1) is 11.0. The highest BCUT2D eigenvalue weighted by Crippen LogP contribution is 2.16. The van der Waals surface area contributed by atoms with Crippen molar-refractivity contribution < 1.29 is 24.2 Å². The van der Waals surface area contributed by atoms with Crippen LogP contribution in [0.25, 0.3) is 6.08 Å². The maximum absolute atomic E-state index is 10.5. The first-order chi connectivity index (χ1) is 6.91. The van der Waals surface area contributed by atoms with E-state index in [1.54, 1.807) is 19.9 Å². The predicted molar refractivity (Wildman–Crippen MR) is 51.4 cm³/mol. The molecule has 0 fully saturated rings. The van der Waals surface area contributed by atoms with Crippen molar-refractivity contribution in [2.45, 2.75) is 13.8 Å². The molecule has 1 aromatic rings. The zero-order valence-electron chi connectivity index (χ0n) is 8.27. The first-order valence-corrected chi connectivity index (χ1v) is 4.17. The van der Waals surface area contributed by atoms with Gasteiger partial charge in [0.05, 0.1) is 0 Å². The van der Waals surface area contributed by atoms with Crippen LogP contribution in [-0.2, 0) is 9.59 Å². The molecule has 0 bridgehead atoms. The van der Waals surface area contributed by atoms with E-state index in [1.165, 1.54) is 0 Å². The van der Waals surface area contributed by atoms with E-state index in [1.807, 2.05) is 0 Å². The van der Waals surface area contributed by atoms with Crippen molar-refractivity contribution in [1.29, 1.82) is 0 Å². The quantitative estimate of drug-likeness (QED) is 0.448. The van der Waals surface area contributed by atoms with Crippen LogP contribution in [0.15, 0.2) is 16.1 Å². The summed E-state index contributed by atoms with van der Waals surface area (Å²) in [5, 5.41) is 17.2. The van der Waals surface area contributed by atoms with Gasteiger partial charge in [-0.2, -0.15) is 0 Å². The standard InChI is InChI=1S/C10H10O5/c1-5-3-7(15-6(5)2)4-8(9(11)12)10(13)14/h3-4H,1-2H3,(H,11,12)(H,13,14). The van der Waals surface area contributed by atoms with Crippen molar-refractivity contribution in [1.82, 2.24) is 0 Å². The van der Waals surface area contributed by atoms with Crippen molar-refractivity contribution in [2.24, 2.45) is 0 Å². The molecule has 0 aliphatic carbocycles. The van der Waals surface area contributed by atoms with E-state index in [0.29, 0.717) is 5.76 Å². The summed E-state index contributed by atoms with van der Waals surface area (Å²) >= 11 is 0. The smallest absolute Gasteiger partial charge is 0.343 e. The molecule has 1 rings (SSSR count). The van der Waals surface area contributed by atoms with E-state index in [0.717, 1.165) is 11.6 Å². The number of hydrogen-bond acceptors (Lipinski definition) is 3. The second kappa shape index (κ2) is 4.00. The third-order valence-electron chi connectivity index (χ3n) is 1.93. The summed E-state index contributed by atoms with van der Waals surface area (Å²) in [4.78, 5) is 21.1. The van der Waals surface area contributed by atoms with Gasteiger partial charge in [0.1, 0.15) is 17.1 Å². The van der Waals surface area contributed by atoms with Crippen LogP contribution >= 0.6 is 0 Å². The molecular formula is C10H10O5. The van der Waals surface area contributed by atoms with E-state index in [9.17, 15) is 9.59 Å². The number of aryl methyl sites for hydroxylation is 2. The lowest BCUT2D eigenvalue weighted by atomic mass is 10.2. The lowest BCUT2D eigenvalue weighted by Crippen LogP contribution is -2.10. The Morgan fingerprint density at radius 2 is 1.80 bits per heavy atom. The van der Waals surface area contributed by atoms with Gasteiger partial charge in [0.15, 0.2) is 0 Å². The molecule has 5 heteroatoms. The van der Waals surface area contributed by atoms with Gasteiger partial charge in [0, 0.05) is 6.08 Å². The number of carbonyl (C=O) groups is 2. The molecule has 0 saturated carbocycles. The van der Waals surface area contributed by atoms with E-state index in [4.69, 9.17) is 14.6 Å². The van der Waals surface area contributed by atoms with Crippen molar-refractivity contribution >= 4 is 18.0 Å². The zero-order chi connectivity index (χ0) is 11.6. The molecule has 0 spiro atoms. The predicted octanol–water partition coefficient (Wildman–Crippen LogP) is 1.45. The maximum Gasteiger partial charge on any atom is 0.343 e. The Kier molecular flexibility index (Phi) is 2.94. The molecule has 1 heterocycles. The minimum Gasteiger partial charge on any atom is -0.477 e. The minimum atomic E-state index is -1.49. The molecule has 0 amide bonds. The van der Waals surface area contributed by atoms with Gasteiger partial charge in [0.25, 0.3) is 0 Å². The highest BCUT2D eigenvalue weighted by atomic mass is 16.4. The summed E-state index contributed by atoms with van der Waals surface area (Å²) < 4.78 is 5.14. The summed E-state index contributed by atoms with van der Waals surface area (Å²) in [6, 6.07) is 1.58. The topological polar surface area (TPSA) is 87.7 Å². The van der Waals surface area contributed by atoms with Gasteiger partial charge in [-0.05, 0) is 25.5 Å². The van der Waals surface area contributed by atoms with Crippen LogP contribution in [0.4, 0.5) is 0 Å². The van der Waals surface area contributed by atoms with Gasteiger partial charge >= 0.3 is 11.9 Å². The van der Waals surface area contributed by atoms with E-state index in [-0.39, 0.29) is 5.76 Å². The first-order valence-electron chi connectivity index (χ1n) is 4.17. The normalized spacial score (nSPS) is 9.73. The average molecular weight is 210 g/mol. The summed E-state index contributed by atoms with van der Waals surface area (Å²) in [6.07, 6.45) is 0.991. The fourth-order valence-corrected chi connectivity index (χ4v) is 1.03. The zero-order valence-corrected chi connectivity index (χ0v) is 8.27. The van der Waals surface area contributed by atoms with E-state index < -0.39 is 17.5 Å². The summed E-state index contributed by atoms with van der Waals surface area (Å²) in [7, 11) is 0. The van der Waals surface area contributed by atoms with Crippen molar-refractivity contribution in [3.63, 3.8) is 0 Å². The van der Waals surface area contributed by atoms with Crippen molar-refractivity contribution in [3.05, 3.63) is 28.7 Å². The molecule has 80 valence electrons. The molecule has 0 aliphatic rings. The van der Waals surface area contributed by atoms with Crippen LogP contribution in [0, 0.1) is 13.8 Å². The number of rotatable bonds is 3. The summed E-state index contributed by atoms with van der Waals surface area (Å²) in [5.74, 6) is -2.12. The molecule has 0 saturated heterocycles. The molecule has 1 aromatic heterocycles. The molecule has 0 radical (unpaired) electrons. The Bertz CT molecular complexity index is 403. The Morgan fingerprint density at radius 1 is 1.27 bits per heavy atom. The molecule has 0 unspecified atom stereocenters. The maximum atomic E-state index is 10.5. The molecule has 0 atom stereocenters. The summed E-state index contributed by atoms with van der Waals surface area (Å²) in [5.41, 5.74) is 0.125. The second-order valence-electron chi connectivity index (χ2n) is 3.06. The Morgan fingerprint density at radius 3 is 2.13 bits per heavy atom. The number of aliphatic carboxylic acids is 2. The number of furan rings is 1. The Hall–Kier alpha value is -2.04. The number of carboxylic acids is 2. The van der Waals surface area contributed by atoms with Crippen LogP contribution in [0.3, 0.4) is 0 Å². The fourth-order valence-electron chi connectivity index (χ4n) is 1.03. The number of hydrogen-bond donors (Lipinski definition) is 2. The fraction of sp³-hybridized carbons (Fsp3) is 0.200. The van der Waals surface area contributed by atoms with Gasteiger partial charge in [-0.3, -0.25) is 0 Å². The molecule has 0 aliphatic heterocycles. The average Bonchev–Trinajstić information content (AvgIpc) is 2.41. The SMILES string of the molecule is Cc1cc(C=C(C(=O)O)C(=O)O)oc1C. The molecule has 5 nitrogen and oxygen atoms in total. The minimum absolute atomic E-state index is 0.227. The van der Waals surface area contributed by atoms with E-state index in [2.05, 4.69) is 0 Å². The number of carboxylic acid groups (broad SMARTS) is 2.